The molecular formula is C20H28N4O4S. The molecule has 158 valence electrons. The number of nitrogens with one attached hydrogen (secondary N) is 1. The van der Waals surface area contributed by atoms with Crippen LogP contribution in [0, 0.1) is 18.8 Å². The Labute approximate surface area is 171 Å². The van der Waals surface area contributed by atoms with Crippen LogP contribution in [0.15, 0.2) is 33.7 Å². The molecule has 1 aliphatic heterocycles. The zero-order chi connectivity index (χ0) is 21.4. The van der Waals surface area contributed by atoms with Crippen LogP contribution in [0.25, 0.3) is 0 Å². The third-order valence-electron chi connectivity index (χ3n) is 5.08. The second-order valence-corrected chi connectivity index (χ2v) is 10.4. The van der Waals surface area contributed by atoms with Gasteiger partial charge in [0.1, 0.15) is 0 Å². The first-order valence-electron chi connectivity index (χ1n) is 9.72. The van der Waals surface area contributed by atoms with Crippen molar-refractivity contribution in [3.05, 3.63) is 41.5 Å². The summed E-state index contributed by atoms with van der Waals surface area (Å²) in [5.41, 5.74) is -0.612. The van der Waals surface area contributed by atoms with Gasteiger partial charge in [-0.25, -0.2) is 8.42 Å². The standard InChI is InChI=1S/C20H28N4O4S/c1-13-9-14(2)12-24(11-13)29(26,27)17-8-6-7-16(10-17)18(25)22-20(4,5)19-21-15(3)28-23-19/h6-8,10,13-14H,9,11-12H2,1-5H3,(H,22,25). The molecule has 0 spiro atoms. The van der Waals surface area contributed by atoms with E-state index in [0.717, 1.165) is 6.42 Å². The maximum atomic E-state index is 13.1. The minimum atomic E-state index is -3.66. The summed E-state index contributed by atoms with van der Waals surface area (Å²) in [7, 11) is -3.66. The van der Waals surface area contributed by atoms with E-state index in [2.05, 4.69) is 29.3 Å². The quantitative estimate of drug-likeness (QED) is 0.797. The molecule has 0 aliphatic carbocycles. The first-order valence-corrected chi connectivity index (χ1v) is 11.2. The van der Waals surface area contributed by atoms with Crippen LogP contribution in [0.4, 0.5) is 0 Å². The van der Waals surface area contributed by atoms with Gasteiger partial charge in [-0.05, 0) is 50.3 Å². The summed E-state index contributed by atoms with van der Waals surface area (Å²) < 4.78 is 32.8. The molecule has 1 amide bonds. The predicted octanol–water partition coefficient (Wildman–Crippen LogP) is 2.71. The molecule has 1 aromatic carbocycles. The molecule has 1 fully saturated rings. The third kappa shape index (κ3) is 4.67. The molecule has 29 heavy (non-hydrogen) atoms. The van der Waals surface area contributed by atoms with Gasteiger partial charge < -0.3 is 9.84 Å². The Bertz CT molecular complexity index is 989. The lowest BCUT2D eigenvalue weighted by Crippen LogP contribution is -2.43. The van der Waals surface area contributed by atoms with Gasteiger partial charge >= 0.3 is 0 Å². The molecule has 8 nitrogen and oxygen atoms in total. The van der Waals surface area contributed by atoms with Gasteiger partial charge in [-0.2, -0.15) is 9.29 Å². The Balaban J connectivity index is 1.82. The molecule has 0 radical (unpaired) electrons. The highest BCUT2D eigenvalue weighted by Gasteiger charge is 2.33. The fraction of sp³-hybridized carbons (Fsp3) is 0.550. The fourth-order valence-electron chi connectivity index (χ4n) is 3.71. The number of piperidine rings is 1. The van der Waals surface area contributed by atoms with Gasteiger partial charge in [0.25, 0.3) is 5.91 Å². The van der Waals surface area contributed by atoms with Crippen LogP contribution >= 0.6 is 0 Å². The molecule has 2 aromatic rings. The van der Waals surface area contributed by atoms with Crippen molar-refractivity contribution in [2.75, 3.05) is 13.1 Å². The van der Waals surface area contributed by atoms with Crippen LogP contribution < -0.4 is 5.32 Å². The van der Waals surface area contributed by atoms with Crippen molar-refractivity contribution in [3.63, 3.8) is 0 Å². The van der Waals surface area contributed by atoms with Crippen LogP contribution in [0.1, 0.15) is 56.2 Å². The van der Waals surface area contributed by atoms with Crippen LogP contribution in [-0.2, 0) is 15.6 Å². The van der Waals surface area contributed by atoms with Crippen molar-refractivity contribution in [1.82, 2.24) is 19.8 Å². The molecule has 3 rings (SSSR count). The van der Waals surface area contributed by atoms with E-state index in [1.807, 2.05) is 0 Å². The summed E-state index contributed by atoms with van der Waals surface area (Å²) in [6.07, 6.45) is 1.01. The van der Waals surface area contributed by atoms with E-state index in [9.17, 15) is 13.2 Å². The van der Waals surface area contributed by atoms with E-state index in [-0.39, 0.29) is 10.5 Å². The molecule has 9 heteroatoms. The normalized spacial score (nSPS) is 21.1. The lowest BCUT2D eigenvalue weighted by atomic mass is 9.94. The number of sulfonamides is 1. The van der Waals surface area contributed by atoms with Crippen LogP contribution in [0.2, 0.25) is 0 Å². The average molecular weight is 421 g/mol. The zero-order valence-electron chi connectivity index (χ0n) is 17.5. The van der Waals surface area contributed by atoms with E-state index < -0.39 is 21.5 Å². The van der Waals surface area contributed by atoms with Gasteiger partial charge in [0, 0.05) is 25.6 Å². The van der Waals surface area contributed by atoms with E-state index in [1.54, 1.807) is 32.9 Å². The molecule has 0 saturated carbocycles. The first kappa shape index (κ1) is 21.4. The highest BCUT2D eigenvalue weighted by Crippen LogP contribution is 2.27. The SMILES string of the molecule is Cc1nc(C(C)(C)NC(=O)c2cccc(S(=O)(=O)N3CC(C)CC(C)C3)c2)no1. The molecule has 1 N–H and O–H groups in total. The number of aryl methyl sites for hydroxylation is 1. The van der Waals surface area contributed by atoms with E-state index in [1.165, 1.54) is 16.4 Å². The smallest absolute Gasteiger partial charge is 0.252 e. The maximum absolute atomic E-state index is 13.1. The van der Waals surface area contributed by atoms with Gasteiger partial charge in [0.05, 0.1) is 10.4 Å². The summed E-state index contributed by atoms with van der Waals surface area (Å²) in [6, 6.07) is 6.13. The molecule has 2 atom stereocenters. The molecule has 2 unspecified atom stereocenters. The summed E-state index contributed by atoms with van der Waals surface area (Å²) in [4.78, 5) is 17.1. The Morgan fingerprint density at radius 2 is 1.90 bits per heavy atom. The third-order valence-corrected chi connectivity index (χ3v) is 6.91. The summed E-state index contributed by atoms with van der Waals surface area (Å²) in [5.74, 6) is 0.956. The van der Waals surface area contributed by atoms with Crippen molar-refractivity contribution in [2.24, 2.45) is 11.8 Å². The Morgan fingerprint density at radius 1 is 1.24 bits per heavy atom. The number of carbonyl (C=O) groups is 1. The number of hydrogen-bond acceptors (Lipinski definition) is 6. The largest absolute Gasteiger partial charge is 0.340 e. The van der Waals surface area contributed by atoms with E-state index >= 15 is 0 Å². The number of hydrogen-bond donors (Lipinski definition) is 1. The summed E-state index contributed by atoms with van der Waals surface area (Å²) in [5, 5.41) is 6.71. The number of benzene rings is 1. The average Bonchev–Trinajstić information content (AvgIpc) is 3.08. The number of amides is 1. The fourth-order valence-corrected chi connectivity index (χ4v) is 5.44. The Hall–Kier alpha value is -2.26. The molecule has 1 aliphatic rings. The molecule has 1 aromatic heterocycles. The van der Waals surface area contributed by atoms with Gasteiger partial charge in [0.15, 0.2) is 5.82 Å². The molecule has 0 bridgehead atoms. The van der Waals surface area contributed by atoms with Crippen LogP contribution in [0.5, 0.6) is 0 Å². The minimum absolute atomic E-state index is 0.125. The monoisotopic (exact) mass is 420 g/mol. The number of nitrogens with zero attached hydrogens (tertiary/aromatic N) is 3. The van der Waals surface area contributed by atoms with E-state index in [0.29, 0.717) is 36.6 Å². The number of aromatic nitrogens is 2. The summed E-state index contributed by atoms with van der Waals surface area (Å²) in [6.45, 7) is 10.3. The lowest BCUT2D eigenvalue weighted by Gasteiger charge is -2.34. The first-order chi connectivity index (χ1) is 13.5. The zero-order valence-corrected chi connectivity index (χ0v) is 18.3. The lowest BCUT2D eigenvalue weighted by molar-refractivity contribution is 0.0907. The van der Waals surface area contributed by atoms with Crippen molar-refractivity contribution in [3.8, 4) is 0 Å². The van der Waals surface area contributed by atoms with E-state index in [4.69, 9.17) is 4.52 Å². The van der Waals surface area contributed by atoms with Gasteiger partial charge in [-0.3, -0.25) is 4.79 Å². The second-order valence-electron chi connectivity index (χ2n) is 8.51. The van der Waals surface area contributed by atoms with Crippen molar-refractivity contribution >= 4 is 15.9 Å². The molecule has 1 saturated heterocycles. The Kier molecular flexibility index (Phi) is 5.82. The van der Waals surface area contributed by atoms with Gasteiger partial charge in [0.2, 0.25) is 15.9 Å². The predicted molar refractivity (Wildman–Crippen MR) is 108 cm³/mol. The van der Waals surface area contributed by atoms with Crippen LogP contribution in [0.3, 0.4) is 0 Å². The molecular weight excluding hydrogens is 392 g/mol. The maximum Gasteiger partial charge on any atom is 0.252 e. The minimum Gasteiger partial charge on any atom is -0.340 e. The van der Waals surface area contributed by atoms with Gasteiger partial charge in [-0.1, -0.05) is 25.1 Å². The molecule has 2 heterocycles. The Morgan fingerprint density at radius 3 is 2.48 bits per heavy atom. The highest BCUT2D eigenvalue weighted by atomic mass is 32.2. The van der Waals surface area contributed by atoms with Crippen molar-refractivity contribution < 1.29 is 17.7 Å². The van der Waals surface area contributed by atoms with Crippen LogP contribution in [-0.4, -0.2) is 41.9 Å². The van der Waals surface area contributed by atoms with Crippen molar-refractivity contribution in [2.45, 2.75) is 51.5 Å². The highest BCUT2D eigenvalue weighted by molar-refractivity contribution is 7.89. The number of carbonyl (C=O) groups excluding carboxylic acids is 1. The second kappa shape index (κ2) is 7.87. The topological polar surface area (TPSA) is 105 Å². The number of rotatable bonds is 5. The summed E-state index contributed by atoms with van der Waals surface area (Å²) >= 11 is 0. The van der Waals surface area contributed by atoms with Crippen molar-refractivity contribution in [1.29, 1.82) is 0 Å². The van der Waals surface area contributed by atoms with Gasteiger partial charge in [-0.15, -0.1) is 0 Å².